The average Bonchev–Trinajstić information content (AvgIpc) is 2.48. The molecular weight excluding hydrogens is 276 g/mol. The maximum absolute atomic E-state index is 11.8. The van der Waals surface area contributed by atoms with E-state index >= 15 is 0 Å². The normalized spacial score (nSPS) is 9.91. The van der Waals surface area contributed by atoms with Crippen molar-refractivity contribution in [1.82, 2.24) is 0 Å². The van der Waals surface area contributed by atoms with Crippen LogP contribution in [0.3, 0.4) is 0 Å². The summed E-state index contributed by atoms with van der Waals surface area (Å²) in [5, 5.41) is 0. The highest BCUT2D eigenvalue weighted by molar-refractivity contribution is 5.95. The molecule has 0 radical (unpaired) electrons. The Morgan fingerprint density at radius 1 is 0.955 bits per heavy atom. The summed E-state index contributed by atoms with van der Waals surface area (Å²) in [6.07, 6.45) is 5.00. The fourth-order valence-electron chi connectivity index (χ4n) is 2.21. The van der Waals surface area contributed by atoms with Gasteiger partial charge in [-0.05, 0) is 31.0 Å². The van der Waals surface area contributed by atoms with Crippen molar-refractivity contribution in [2.75, 3.05) is 22.9 Å². The third-order valence-corrected chi connectivity index (χ3v) is 3.33. The molecule has 0 aliphatic carbocycles. The predicted octanol–water partition coefficient (Wildman–Crippen LogP) is 3.54. The van der Waals surface area contributed by atoms with Crippen molar-refractivity contribution >= 4 is 23.2 Å². The Balaban J connectivity index is 3.08. The summed E-state index contributed by atoms with van der Waals surface area (Å²) in [5.41, 5.74) is 1.58. The summed E-state index contributed by atoms with van der Waals surface area (Å²) in [6, 6.07) is 7.48. The molecule has 0 aliphatic heterocycles. The van der Waals surface area contributed by atoms with Crippen LogP contribution in [-0.2, 0) is 9.59 Å². The molecule has 0 spiro atoms. The zero-order valence-corrected chi connectivity index (χ0v) is 13.4. The second-order valence-corrected chi connectivity index (χ2v) is 5.02. The number of carbonyl (C=O) groups excluding carboxylic acids is 2. The molecule has 1 aromatic rings. The highest BCUT2D eigenvalue weighted by Gasteiger charge is 2.15. The van der Waals surface area contributed by atoms with Crippen LogP contribution in [0.4, 0.5) is 11.4 Å². The van der Waals surface area contributed by atoms with Crippen LogP contribution in [-0.4, -0.2) is 24.9 Å². The molecule has 0 aromatic heterocycles. The Labute approximate surface area is 132 Å². The molecule has 0 aliphatic rings. The first-order valence-electron chi connectivity index (χ1n) is 7.39. The second kappa shape index (κ2) is 8.82. The predicted molar refractivity (Wildman–Crippen MR) is 92.1 cm³/mol. The maximum Gasteiger partial charge on any atom is 0.223 e. The van der Waals surface area contributed by atoms with E-state index in [2.05, 4.69) is 13.2 Å². The molecule has 0 bridgehead atoms. The summed E-state index contributed by atoms with van der Waals surface area (Å²) in [6.45, 7) is 11.6. The molecule has 0 saturated heterocycles. The summed E-state index contributed by atoms with van der Waals surface area (Å²) >= 11 is 0. The van der Waals surface area contributed by atoms with Crippen molar-refractivity contribution < 1.29 is 9.59 Å². The third kappa shape index (κ3) is 4.88. The first-order valence-corrected chi connectivity index (χ1v) is 7.39. The maximum atomic E-state index is 11.8. The Hall–Kier alpha value is -2.36. The van der Waals surface area contributed by atoms with Gasteiger partial charge < -0.3 is 9.80 Å². The lowest BCUT2D eigenvalue weighted by molar-refractivity contribution is -0.117. The Morgan fingerprint density at radius 2 is 1.36 bits per heavy atom. The zero-order valence-electron chi connectivity index (χ0n) is 13.4. The molecule has 0 N–H and O–H groups in total. The van der Waals surface area contributed by atoms with Gasteiger partial charge in [-0.1, -0.05) is 18.2 Å². The van der Waals surface area contributed by atoms with Gasteiger partial charge in [-0.15, -0.1) is 13.2 Å². The summed E-state index contributed by atoms with van der Waals surface area (Å²) in [7, 11) is 0. The molecule has 22 heavy (non-hydrogen) atoms. The van der Waals surface area contributed by atoms with Crippen LogP contribution >= 0.6 is 0 Å². The van der Waals surface area contributed by atoms with Crippen molar-refractivity contribution in [2.24, 2.45) is 0 Å². The van der Waals surface area contributed by atoms with Gasteiger partial charge in [-0.25, -0.2) is 0 Å². The van der Waals surface area contributed by atoms with Crippen LogP contribution in [0, 0.1) is 0 Å². The minimum atomic E-state index is -0.0283. The monoisotopic (exact) mass is 300 g/mol. The van der Waals surface area contributed by atoms with Gasteiger partial charge in [0.2, 0.25) is 11.8 Å². The Bertz CT molecular complexity index is 507. The van der Waals surface area contributed by atoms with E-state index in [0.717, 1.165) is 24.2 Å². The van der Waals surface area contributed by atoms with Crippen molar-refractivity contribution in [2.45, 2.75) is 26.7 Å². The van der Waals surface area contributed by atoms with Crippen LogP contribution in [0.1, 0.15) is 26.7 Å². The average molecular weight is 300 g/mol. The number of amides is 2. The van der Waals surface area contributed by atoms with E-state index in [9.17, 15) is 9.59 Å². The van der Waals surface area contributed by atoms with E-state index in [4.69, 9.17) is 0 Å². The van der Waals surface area contributed by atoms with Crippen molar-refractivity contribution in [3.05, 3.63) is 49.6 Å². The lowest BCUT2D eigenvalue weighted by Gasteiger charge is -2.25. The molecular formula is C18H24N2O2. The Kier molecular flexibility index (Phi) is 7.09. The first-order chi connectivity index (χ1) is 10.5. The largest absolute Gasteiger partial charge is 0.312 e. The molecule has 1 aromatic carbocycles. The fourth-order valence-corrected chi connectivity index (χ4v) is 2.21. The van der Waals surface area contributed by atoms with Crippen molar-refractivity contribution in [3.8, 4) is 0 Å². The van der Waals surface area contributed by atoms with E-state index in [-0.39, 0.29) is 11.8 Å². The molecule has 0 atom stereocenters. The van der Waals surface area contributed by atoms with Gasteiger partial charge in [0.25, 0.3) is 0 Å². The van der Waals surface area contributed by atoms with Gasteiger partial charge >= 0.3 is 0 Å². The van der Waals surface area contributed by atoms with Gasteiger partial charge in [-0.3, -0.25) is 9.59 Å². The van der Waals surface area contributed by atoms with Gasteiger partial charge in [0.15, 0.2) is 0 Å². The summed E-state index contributed by atoms with van der Waals surface area (Å²) in [5.74, 6) is -0.0565. The lowest BCUT2D eigenvalue weighted by Crippen LogP contribution is -2.31. The Morgan fingerprint density at radius 3 is 1.68 bits per heavy atom. The quantitative estimate of drug-likeness (QED) is 0.689. The molecule has 4 nitrogen and oxygen atoms in total. The SMILES string of the molecule is C=CCCN(C(C)=O)c1cccc(N(CCC=C)C(C)=O)c1. The molecule has 2 amide bonds. The molecule has 0 unspecified atom stereocenters. The highest BCUT2D eigenvalue weighted by atomic mass is 16.2. The molecule has 1 rings (SSSR count). The number of nitrogens with zero attached hydrogens (tertiary/aromatic N) is 2. The number of hydrogen-bond acceptors (Lipinski definition) is 2. The van der Waals surface area contributed by atoms with E-state index < -0.39 is 0 Å². The first kappa shape index (κ1) is 17.7. The molecule has 0 saturated carbocycles. The van der Waals surface area contributed by atoms with Gasteiger partial charge in [0.1, 0.15) is 0 Å². The van der Waals surface area contributed by atoms with Crippen LogP contribution in [0.15, 0.2) is 49.6 Å². The molecule has 0 fully saturated rings. The number of anilines is 2. The third-order valence-electron chi connectivity index (χ3n) is 3.33. The number of benzene rings is 1. The van der Waals surface area contributed by atoms with Crippen LogP contribution in [0.2, 0.25) is 0 Å². The smallest absolute Gasteiger partial charge is 0.223 e. The standard InChI is InChI=1S/C18H24N2O2/c1-5-7-12-19(15(3)21)17-10-9-11-18(14-17)20(16(4)22)13-8-6-2/h5-6,9-11,14H,1-2,7-8,12-13H2,3-4H3. The fraction of sp³-hybridized carbons (Fsp3) is 0.333. The van der Waals surface area contributed by atoms with E-state index in [1.54, 1.807) is 22.0 Å². The number of rotatable bonds is 8. The van der Waals surface area contributed by atoms with Gasteiger partial charge in [0, 0.05) is 38.3 Å². The summed E-state index contributed by atoms with van der Waals surface area (Å²) < 4.78 is 0. The highest BCUT2D eigenvalue weighted by Crippen LogP contribution is 2.23. The molecule has 0 heterocycles. The van der Waals surface area contributed by atoms with Crippen LogP contribution in [0.5, 0.6) is 0 Å². The summed E-state index contributed by atoms with van der Waals surface area (Å²) in [4.78, 5) is 27.1. The molecule has 4 heteroatoms. The minimum Gasteiger partial charge on any atom is -0.312 e. The second-order valence-electron chi connectivity index (χ2n) is 5.02. The van der Waals surface area contributed by atoms with Gasteiger partial charge in [-0.2, -0.15) is 0 Å². The van der Waals surface area contributed by atoms with Gasteiger partial charge in [0.05, 0.1) is 0 Å². The zero-order chi connectivity index (χ0) is 16.5. The minimum absolute atomic E-state index is 0.0283. The molecule has 118 valence electrons. The van der Waals surface area contributed by atoms with E-state index in [0.29, 0.717) is 13.1 Å². The number of carbonyl (C=O) groups is 2. The van der Waals surface area contributed by atoms with E-state index in [1.165, 1.54) is 13.8 Å². The lowest BCUT2D eigenvalue weighted by atomic mass is 10.2. The van der Waals surface area contributed by atoms with Crippen molar-refractivity contribution in [3.63, 3.8) is 0 Å². The van der Waals surface area contributed by atoms with E-state index in [1.807, 2.05) is 24.3 Å². The van der Waals surface area contributed by atoms with Crippen LogP contribution in [0.25, 0.3) is 0 Å². The van der Waals surface area contributed by atoms with Crippen molar-refractivity contribution in [1.29, 1.82) is 0 Å². The van der Waals surface area contributed by atoms with Crippen LogP contribution < -0.4 is 9.80 Å². The topological polar surface area (TPSA) is 40.6 Å². The number of hydrogen-bond donors (Lipinski definition) is 0.